The second-order valence-electron chi connectivity index (χ2n) is 4.67. The quantitative estimate of drug-likeness (QED) is 0.778. The number of likely N-dealkylation sites (N-methyl/N-ethyl adjacent to an activating group) is 1. The molecule has 0 spiro atoms. The zero-order valence-electron chi connectivity index (χ0n) is 10.8. The average Bonchev–Trinajstić information content (AvgIpc) is 3.20. The van der Waals surface area contributed by atoms with E-state index in [0.29, 0.717) is 0 Å². The van der Waals surface area contributed by atoms with Gasteiger partial charge in [-0.25, -0.2) is 0 Å². The van der Waals surface area contributed by atoms with Gasteiger partial charge in [0.25, 0.3) is 0 Å². The van der Waals surface area contributed by atoms with Gasteiger partial charge in [0.05, 0.1) is 5.69 Å². The number of hydrogen-bond donors (Lipinski definition) is 1. The van der Waals surface area contributed by atoms with E-state index in [1.807, 2.05) is 6.20 Å². The molecule has 0 amide bonds. The van der Waals surface area contributed by atoms with Crippen LogP contribution >= 0.6 is 0 Å². The number of nitrogens with zero attached hydrogens (tertiary/aromatic N) is 3. The number of hydrogen-bond acceptors (Lipinski definition) is 4. The van der Waals surface area contributed by atoms with Crippen molar-refractivity contribution in [2.24, 2.45) is 0 Å². The van der Waals surface area contributed by atoms with Crippen LogP contribution in [0.4, 0.5) is 0 Å². The summed E-state index contributed by atoms with van der Waals surface area (Å²) in [5.41, 5.74) is 1.02. The van der Waals surface area contributed by atoms with Crippen molar-refractivity contribution < 1.29 is 0 Å². The first-order chi connectivity index (χ1) is 8.31. The summed E-state index contributed by atoms with van der Waals surface area (Å²) in [4.78, 5) is 10.9. The van der Waals surface area contributed by atoms with E-state index in [9.17, 15) is 0 Å². The van der Waals surface area contributed by atoms with E-state index < -0.39 is 0 Å². The lowest BCUT2D eigenvalue weighted by atomic mass is 10.2. The molecular weight excluding hydrogens is 212 g/mol. The lowest BCUT2D eigenvalue weighted by Crippen LogP contribution is -2.34. The van der Waals surface area contributed by atoms with Crippen molar-refractivity contribution in [3.63, 3.8) is 0 Å². The standard InChI is InChI=1S/C13H22N4/c1-3-17(12-4-5-12)9-8-15-11(2)13-10-14-6-7-16-13/h6-7,10-12,15H,3-5,8-9H2,1-2H3. The maximum absolute atomic E-state index is 4.31. The van der Waals surface area contributed by atoms with Gasteiger partial charge in [-0.1, -0.05) is 6.92 Å². The highest BCUT2D eigenvalue weighted by Crippen LogP contribution is 2.25. The summed E-state index contributed by atoms with van der Waals surface area (Å²) in [5, 5.41) is 3.50. The van der Waals surface area contributed by atoms with Crippen molar-refractivity contribution in [3.8, 4) is 0 Å². The largest absolute Gasteiger partial charge is 0.308 e. The normalized spacial score (nSPS) is 17.4. The van der Waals surface area contributed by atoms with Gasteiger partial charge >= 0.3 is 0 Å². The van der Waals surface area contributed by atoms with Crippen LogP contribution in [0, 0.1) is 0 Å². The van der Waals surface area contributed by atoms with Gasteiger partial charge in [0.15, 0.2) is 0 Å². The summed E-state index contributed by atoms with van der Waals surface area (Å²) in [6, 6.07) is 1.13. The van der Waals surface area contributed by atoms with E-state index in [1.165, 1.54) is 12.8 Å². The van der Waals surface area contributed by atoms with Crippen LogP contribution in [0.1, 0.15) is 38.4 Å². The Morgan fingerprint density at radius 3 is 2.88 bits per heavy atom. The van der Waals surface area contributed by atoms with Crippen LogP contribution < -0.4 is 5.32 Å². The molecule has 1 aromatic rings. The molecule has 1 aromatic heterocycles. The van der Waals surface area contributed by atoms with Gasteiger partial charge in [-0.05, 0) is 26.3 Å². The highest BCUT2D eigenvalue weighted by molar-refractivity contribution is 5.00. The molecule has 1 fully saturated rings. The summed E-state index contributed by atoms with van der Waals surface area (Å²) < 4.78 is 0. The first-order valence-corrected chi connectivity index (χ1v) is 6.54. The maximum atomic E-state index is 4.31. The Kier molecular flexibility index (Phi) is 4.45. The third-order valence-electron chi connectivity index (χ3n) is 3.35. The fourth-order valence-electron chi connectivity index (χ4n) is 2.10. The number of aromatic nitrogens is 2. The molecule has 0 bridgehead atoms. The maximum Gasteiger partial charge on any atom is 0.0753 e. The molecule has 0 saturated heterocycles. The van der Waals surface area contributed by atoms with Crippen LogP contribution in [0.3, 0.4) is 0 Å². The summed E-state index contributed by atoms with van der Waals surface area (Å²) in [7, 11) is 0. The van der Waals surface area contributed by atoms with Gasteiger partial charge in [0.1, 0.15) is 0 Å². The molecule has 1 heterocycles. The van der Waals surface area contributed by atoms with Crippen molar-refractivity contribution in [2.45, 2.75) is 38.8 Å². The van der Waals surface area contributed by atoms with Gasteiger partial charge in [0, 0.05) is 43.8 Å². The summed E-state index contributed by atoms with van der Waals surface area (Å²) in [6.07, 6.45) is 8.05. The molecule has 1 unspecified atom stereocenters. The first kappa shape index (κ1) is 12.5. The highest BCUT2D eigenvalue weighted by Gasteiger charge is 2.27. The second-order valence-corrected chi connectivity index (χ2v) is 4.67. The van der Waals surface area contributed by atoms with E-state index >= 15 is 0 Å². The van der Waals surface area contributed by atoms with Crippen molar-refractivity contribution in [1.82, 2.24) is 20.2 Å². The van der Waals surface area contributed by atoms with Crippen LogP contribution in [-0.2, 0) is 0 Å². The average molecular weight is 234 g/mol. The van der Waals surface area contributed by atoms with E-state index in [4.69, 9.17) is 0 Å². The zero-order valence-corrected chi connectivity index (χ0v) is 10.8. The smallest absolute Gasteiger partial charge is 0.0753 e. The highest BCUT2D eigenvalue weighted by atomic mass is 15.2. The Morgan fingerprint density at radius 1 is 1.47 bits per heavy atom. The molecule has 94 valence electrons. The van der Waals surface area contributed by atoms with E-state index in [-0.39, 0.29) is 6.04 Å². The fraction of sp³-hybridized carbons (Fsp3) is 0.692. The first-order valence-electron chi connectivity index (χ1n) is 6.54. The van der Waals surface area contributed by atoms with E-state index in [1.54, 1.807) is 12.4 Å². The van der Waals surface area contributed by atoms with Crippen LogP contribution in [0.5, 0.6) is 0 Å². The van der Waals surface area contributed by atoms with Gasteiger partial charge in [-0.2, -0.15) is 0 Å². The van der Waals surface area contributed by atoms with Crippen LogP contribution in [-0.4, -0.2) is 40.5 Å². The molecule has 0 aliphatic heterocycles. The molecule has 1 aliphatic carbocycles. The predicted molar refractivity (Wildman–Crippen MR) is 68.7 cm³/mol. The summed E-state index contributed by atoms with van der Waals surface area (Å²) in [5.74, 6) is 0. The molecule has 1 aliphatic rings. The van der Waals surface area contributed by atoms with Gasteiger partial charge < -0.3 is 5.32 Å². The molecule has 0 aromatic carbocycles. The van der Waals surface area contributed by atoms with Gasteiger partial charge in [-0.15, -0.1) is 0 Å². The molecule has 4 heteroatoms. The Labute approximate surface area is 103 Å². The van der Waals surface area contributed by atoms with Crippen LogP contribution in [0.15, 0.2) is 18.6 Å². The van der Waals surface area contributed by atoms with Gasteiger partial charge in [0.2, 0.25) is 0 Å². The third kappa shape index (κ3) is 3.75. The zero-order chi connectivity index (χ0) is 12.1. The van der Waals surface area contributed by atoms with Crippen molar-refractivity contribution in [2.75, 3.05) is 19.6 Å². The second kappa shape index (κ2) is 6.07. The Hall–Kier alpha value is -1.00. The Balaban J connectivity index is 1.71. The molecule has 1 atom stereocenters. The van der Waals surface area contributed by atoms with Crippen molar-refractivity contribution in [3.05, 3.63) is 24.3 Å². The SMILES string of the molecule is CCN(CCNC(C)c1cnccn1)C1CC1. The minimum atomic E-state index is 0.279. The minimum Gasteiger partial charge on any atom is -0.308 e. The molecule has 2 rings (SSSR count). The van der Waals surface area contributed by atoms with Crippen LogP contribution in [0.25, 0.3) is 0 Å². The monoisotopic (exact) mass is 234 g/mol. The molecule has 1 N–H and O–H groups in total. The molecule has 17 heavy (non-hydrogen) atoms. The molecule has 0 radical (unpaired) electrons. The van der Waals surface area contributed by atoms with Crippen LogP contribution in [0.2, 0.25) is 0 Å². The number of nitrogens with one attached hydrogen (secondary N) is 1. The van der Waals surface area contributed by atoms with Gasteiger partial charge in [-0.3, -0.25) is 14.9 Å². The van der Waals surface area contributed by atoms with E-state index in [2.05, 4.69) is 34.0 Å². The number of rotatable bonds is 7. The minimum absolute atomic E-state index is 0.279. The molecular formula is C13H22N4. The summed E-state index contributed by atoms with van der Waals surface area (Å²) in [6.45, 7) is 7.68. The van der Waals surface area contributed by atoms with Crippen molar-refractivity contribution in [1.29, 1.82) is 0 Å². The molecule has 4 nitrogen and oxygen atoms in total. The lowest BCUT2D eigenvalue weighted by Gasteiger charge is -2.21. The fourth-order valence-corrected chi connectivity index (χ4v) is 2.10. The van der Waals surface area contributed by atoms with Crippen molar-refractivity contribution >= 4 is 0 Å². The summed E-state index contributed by atoms with van der Waals surface area (Å²) >= 11 is 0. The Bertz CT molecular complexity index is 323. The third-order valence-corrected chi connectivity index (χ3v) is 3.35. The Morgan fingerprint density at radius 2 is 2.29 bits per heavy atom. The lowest BCUT2D eigenvalue weighted by molar-refractivity contribution is 0.273. The molecule has 1 saturated carbocycles. The predicted octanol–water partition coefficient (Wildman–Crippen LogP) is 1.61. The van der Waals surface area contributed by atoms with E-state index in [0.717, 1.165) is 31.4 Å². The topological polar surface area (TPSA) is 41.0 Å².